The van der Waals surface area contributed by atoms with Crippen LogP contribution in [0, 0.1) is 5.92 Å². The first-order valence-electron chi connectivity index (χ1n) is 17.7. The molecule has 4 N–H and O–H groups in total. The number of alkyl carbamates (subject to hydrolysis) is 1. The van der Waals surface area contributed by atoms with E-state index in [4.69, 9.17) is 9.73 Å². The molecule has 0 spiro atoms. The molecule has 14 heteroatoms. The van der Waals surface area contributed by atoms with Crippen molar-refractivity contribution in [3.05, 3.63) is 88.4 Å². The molecule has 4 unspecified atom stereocenters. The zero-order valence-corrected chi connectivity index (χ0v) is 32.0. The Bertz CT molecular complexity index is 1590. The summed E-state index contributed by atoms with van der Waals surface area (Å²) in [6.07, 6.45) is 3.56. The van der Waals surface area contributed by atoms with Crippen LogP contribution in [0.25, 0.3) is 0 Å². The summed E-state index contributed by atoms with van der Waals surface area (Å²) < 4.78 is 5.49. The third-order valence-electron chi connectivity index (χ3n) is 8.49. The van der Waals surface area contributed by atoms with Crippen molar-refractivity contribution in [3.63, 3.8) is 0 Å². The van der Waals surface area contributed by atoms with Crippen LogP contribution in [0.2, 0.25) is 0 Å². The number of benzene rings is 2. The van der Waals surface area contributed by atoms with Gasteiger partial charge in [-0.3, -0.25) is 19.6 Å². The number of carbonyl (C=O) groups excluding carboxylic acids is 4. The van der Waals surface area contributed by atoms with E-state index in [0.717, 1.165) is 26.8 Å². The number of urea groups is 1. The van der Waals surface area contributed by atoms with Crippen LogP contribution in [-0.4, -0.2) is 88.9 Å². The van der Waals surface area contributed by atoms with E-state index in [2.05, 4.69) is 40.1 Å². The average molecular weight is 750 g/mol. The lowest BCUT2D eigenvalue weighted by Crippen LogP contribution is -2.54. The van der Waals surface area contributed by atoms with Gasteiger partial charge < -0.3 is 30.9 Å². The Hall–Kier alpha value is -4.43. The van der Waals surface area contributed by atoms with Crippen molar-refractivity contribution >= 4 is 52.1 Å². The summed E-state index contributed by atoms with van der Waals surface area (Å²) in [6, 6.07) is 17.9. The number of ether oxygens (including phenoxy) is 1. The molecular formula is C38H51N7O5S2. The van der Waals surface area contributed by atoms with E-state index >= 15 is 0 Å². The minimum absolute atomic E-state index is 0.0116. The quantitative estimate of drug-likeness (QED) is 0.132. The molecule has 0 bridgehead atoms. The lowest BCUT2D eigenvalue weighted by molar-refractivity contribution is -0.124. The predicted octanol–water partition coefficient (Wildman–Crippen LogP) is 5.19. The fraction of sp³-hybridized carbons (Fsp3) is 0.474. The SMILES string of the molecule is CC(=O)NCCC(NC(=O)N(C)CC1CSC(C(C)C)=N1)C(=O)NC(CCC(Cc1ccccc1)NC(=O)OCc1cncs1)Cc1ccccc1. The second-order valence-corrected chi connectivity index (χ2v) is 15.3. The van der Waals surface area contributed by atoms with Crippen molar-refractivity contribution in [1.82, 2.24) is 31.2 Å². The fourth-order valence-electron chi connectivity index (χ4n) is 5.78. The van der Waals surface area contributed by atoms with Gasteiger partial charge in [0.2, 0.25) is 11.8 Å². The van der Waals surface area contributed by atoms with Crippen LogP contribution in [0.5, 0.6) is 0 Å². The third-order valence-corrected chi connectivity index (χ3v) is 10.7. The van der Waals surface area contributed by atoms with Gasteiger partial charge in [-0.15, -0.1) is 23.1 Å². The van der Waals surface area contributed by atoms with Crippen molar-refractivity contribution in [2.45, 2.75) is 83.6 Å². The Labute approximate surface area is 315 Å². The Morgan fingerprint density at radius 3 is 2.10 bits per heavy atom. The minimum Gasteiger partial charge on any atom is -0.444 e. The number of thioether (sulfide) groups is 1. The molecule has 1 aliphatic heterocycles. The molecule has 4 rings (SSSR count). The number of rotatable bonds is 19. The number of nitrogens with one attached hydrogen (secondary N) is 4. The van der Waals surface area contributed by atoms with Crippen LogP contribution < -0.4 is 21.3 Å². The molecule has 12 nitrogen and oxygen atoms in total. The van der Waals surface area contributed by atoms with E-state index < -0.39 is 12.1 Å². The number of aliphatic imine (C=N–C) groups is 1. The Balaban J connectivity index is 1.45. The van der Waals surface area contributed by atoms with Crippen LogP contribution in [-0.2, 0) is 33.8 Å². The first kappa shape index (κ1) is 40.3. The lowest BCUT2D eigenvalue weighted by atomic mass is 9.95. The zero-order chi connectivity index (χ0) is 37.3. The highest BCUT2D eigenvalue weighted by molar-refractivity contribution is 8.14. The van der Waals surface area contributed by atoms with Gasteiger partial charge in [-0.05, 0) is 43.2 Å². The Morgan fingerprint density at radius 1 is 0.904 bits per heavy atom. The standard InChI is InChI=1S/C38H51N7O5S2/c1-26(2)36-42-32(24-51-36)22-45(4)37(48)44-34(17-18-40-27(3)46)35(47)41-30(19-28-11-7-5-8-12-28)15-16-31(20-29-13-9-6-10-14-29)43-38(49)50-23-33-21-39-25-52-33/h5-14,21,25-26,30-32,34H,15-20,22-24H2,1-4H3,(H,40,46)(H,41,47)(H,43,49)(H,44,48). The lowest BCUT2D eigenvalue weighted by Gasteiger charge is -2.27. The van der Waals surface area contributed by atoms with Gasteiger partial charge in [0.15, 0.2) is 0 Å². The normalized spacial score (nSPS) is 15.6. The van der Waals surface area contributed by atoms with E-state index in [0.29, 0.717) is 38.1 Å². The van der Waals surface area contributed by atoms with Crippen LogP contribution in [0.1, 0.15) is 56.0 Å². The summed E-state index contributed by atoms with van der Waals surface area (Å²) in [5.74, 6) is 0.584. The summed E-state index contributed by atoms with van der Waals surface area (Å²) in [7, 11) is 1.70. The van der Waals surface area contributed by atoms with Gasteiger partial charge in [0.25, 0.3) is 0 Å². The molecule has 4 atom stereocenters. The average Bonchev–Trinajstić information content (AvgIpc) is 3.83. The highest BCUT2D eigenvalue weighted by atomic mass is 32.2. The second kappa shape index (κ2) is 21.2. The van der Waals surface area contributed by atoms with Crippen molar-refractivity contribution in [1.29, 1.82) is 0 Å². The van der Waals surface area contributed by atoms with Crippen molar-refractivity contribution in [2.75, 3.05) is 25.9 Å². The van der Waals surface area contributed by atoms with Crippen molar-refractivity contribution < 1.29 is 23.9 Å². The van der Waals surface area contributed by atoms with Crippen molar-refractivity contribution in [2.24, 2.45) is 10.9 Å². The van der Waals surface area contributed by atoms with Crippen LogP contribution in [0.3, 0.4) is 0 Å². The van der Waals surface area contributed by atoms with Gasteiger partial charge in [-0.2, -0.15) is 0 Å². The Morgan fingerprint density at radius 2 is 1.54 bits per heavy atom. The van der Waals surface area contributed by atoms with Gasteiger partial charge in [0.05, 0.1) is 21.5 Å². The maximum Gasteiger partial charge on any atom is 0.407 e. The topological polar surface area (TPSA) is 154 Å². The summed E-state index contributed by atoms with van der Waals surface area (Å²) in [5.41, 5.74) is 3.79. The molecule has 0 radical (unpaired) electrons. The molecule has 0 saturated heterocycles. The number of hydrogen-bond donors (Lipinski definition) is 4. The fourth-order valence-corrected chi connectivity index (χ4v) is 7.38. The number of nitrogens with zero attached hydrogens (tertiary/aromatic N) is 3. The van der Waals surface area contributed by atoms with E-state index in [1.54, 1.807) is 35.4 Å². The first-order chi connectivity index (χ1) is 25.0. The largest absolute Gasteiger partial charge is 0.444 e. The maximum atomic E-state index is 14.0. The monoisotopic (exact) mass is 749 g/mol. The van der Waals surface area contributed by atoms with Gasteiger partial charge in [0.1, 0.15) is 12.6 Å². The van der Waals surface area contributed by atoms with E-state index in [-0.39, 0.29) is 55.5 Å². The summed E-state index contributed by atoms with van der Waals surface area (Å²) in [4.78, 5) is 63.1. The van der Waals surface area contributed by atoms with E-state index in [1.807, 2.05) is 60.7 Å². The van der Waals surface area contributed by atoms with E-state index in [1.165, 1.54) is 18.3 Å². The minimum atomic E-state index is -0.896. The summed E-state index contributed by atoms with van der Waals surface area (Å²) in [5, 5.41) is 13.0. The molecule has 0 fully saturated rings. The first-order valence-corrected chi connectivity index (χ1v) is 19.6. The summed E-state index contributed by atoms with van der Waals surface area (Å²) >= 11 is 3.14. The number of likely N-dealkylation sites (N-methyl/N-ethyl adjacent to an activating group) is 1. The summed E-state index contributed by atoms with van der Waals surface area (Å²) in [6.45, 7) is 6.40. The predicted molar refractivity (Wildman–Crippen MR) is 207 cm³/mol. The molecule has 0 aliphatic carbocycles. The van der Waals surface area contributed by atoms with Gasteiger partial charge in [-0.1, -0.05) is 74.5 Å². The van der Waals surface area contributed by atoms with Gasteiger partial charge in [0, 0.05) is 57.0 Å². The maximum absolute atomic E-state index is 14.0. The highest BCUT2D eigenvalue weighted by Crippen LogP contribution is 2.23. The Kier molecular flexibility index (Phi) is 16.4. The number of thiazole rings is 1. The number of hydrogen-bond acceptors (Lipinski definition) is 9. The number of aromatic nitrogens is 1. The van der Waals surface area contributed by atoms with Gasteiger partial charge in [-0.25, -0.2) is 9.59 Å². The molecule has 1 aromatic heterocycles. The smallest absolute Gasteiger partial charge is 0.407 e. The van der Waals surface area contributed by atoms with Gasteiger partial charge >= 0.3 is 12.1 Å². The molecular weight excluding hydrogens is 699 g/mol. The zero-order valence-electron chi connectivity index (χ0n) is 30.4. The second-order valence-electron chi connectivity index (χ2n) is 13.3. The van der Waals surface area contributed by atoms with Crippen molar-refractivity contribution in [3.8, 4) is 0 Å². The molecule has 2 heterocycles. The number of carbonyl (C=O) groups is 4. The molecule has 52 heavy (non-hydrogen) atoms. The van der Waals surface area contributed by atoms with Crippen LogP contribution >= 0.6 is 23.1 Å². The van der Waals surface area contributed by atoms with E-state index in [9.17, 15) is 19.2 Å². The number of amides is 5. The highest BCUT2D eigenvalue weighted by Gasteiger charge is 2.28. The molecule has 1 aliphatic rings. The molecule has 0 saturated carbocycles. The van der Waals surface area contributed by atoms with Crippen LogP contribution in [0.15, 0.2) is 77.4 Å². The molecule has 3 aromatic rings. The third kappa shape index (κ3) is 14.3. The molecule has 5 amide bonds. The molecule has 280 valence electrons. The molecule has 2 aromatic carbocycles. The van der Waals surface area contributed by atoms with Crippen LogP contribution in [0.4, 0.5) is 9.59 Å².